The number of amides is 2. The van der Waals surface area contributed by atoms with Gasteiger partial charge in [0.25, 0.3) is 0 Å². The van der Waals surface area contributed by atoms with Gasteiger partial charge in [-0.1, -0.05) is 0 Å². The van der Waals surface area contributed by atoms with Gasteiger partial charge in [0, 0.05) is 12.6 Å². The number of methoxy groups -OCH3 is 1. The lowest BCUT2D eigenvalue weighted by molar-refractivity contribution is -0.148. The second-order valence-electron chi connectivity index (χ2n) is 8.08. The van der Waals surface area contributed by atoms with Crippen LogP contribution in [0.4, 0.5) is 9.59 Å². The molecule has 8 heteroatoms. The monoisotopic (exact) mass is 358 g/mol. The summed E-state index contributed by atoms with van der Waals surface area (Å²) in [5.74, 6) is -0.540. The van der Waals surface area contributed by atoms with Gasteiger partial charge in [0.2, 0.25) is 0 Å². The first-order chi connectivity index (χ1) is 11.3. The van der Waals surface area contributed by atoms with Crippen LogP contribution in [-0.4, -0.2) is 60.0 Å². The van der Waals surface area contributed by atoms with Crippen LogP contribution >= 0.6 is 0 Å². The molecular weight excluding hydrogens is 328 g/mol. The standard InChI is InChI=1S/C17H30N2O6/c1-16(2,3)24-14(21)18-11-8-9-19(12(10-11)13(20)23-7)15(22)25-17(4,5)6/h11-12H,8-10H2,1-7H3,(H,18,21)/t11-,12?/m0/s1. The lowest BCUT2D eigenvalue weighted by atomic mass is 9.97. The fraction of sp³-hybridized carbons (Fsp3) is 0.824. The SMILES string of the molecule is COC(=O)C1C[C@@H](NC(=O)OC(C)(C)C)CCN1C(=O)OC(C)(C)C. The summed E-state index contributed by atoms with van der Waals surface area (Å²) in [6, 6.07) is -1.11. The molecule has 0 bridgehead atoms. The number of hydrogen-bond acceptors (Lipinski definition) is 6. The molecule has 1 unspecified atom stereocenters. The highest BCUT2D eigenvalue weighted by Gasteiger charge is 2.39. The number of esters is 1. The van der Waals surface area contributed by atoms with Crippen molar-refractivity contribution in [2.75, 3.05) is 13.7 Å². The van der Waals surface area contributed by atoms with Gasteiger partial charge >= 0.3 is 18.2 Å². The van der Waals surface area contributed by atoms with Crippen molar-refractivity contribution in [3.63, 3.8) is 0 Å². The molecule has 2 amide bonds. The molecule has 0 radical (unpaired) electrons. The molecule has 144 valence electrons. The van der Waals surface area contributed by atoms with Crippen LogP contribution in [0.15, 0.2) is 0 Å². The molecule has 1 fully saturated rings. The van der Waals surface area contributed by atoms with Crippen molar-refractivity contribution in [3.8, 4) is 0 Å². The average molecular weight is 358 g/mol. The largest absolute Gasteiger partial charge is 0.467 e. The van der Waals surface area contributed by atoms with Gasteiger partial charge in [-0.3, -0.25) is 4.90 Å². The molecule has 0 saturated carbocycles. The fourth-order valence-electron chi connectivity index (χ4n) is 2.47. The second kappa shape index (κ2) is 7.93. The molecular formula is C17H30N2O6. The van der Waals surface area contributed by atoms with Gasteiger partial charge in [0.1, 0.15) is 17.2 Å². The predicted octanol–water partition coefficient (Wildman–Crippen LogP) is 2.45. The Morgan fingerprint density at radius 3 is 2.04 bits per heavy atom. The Labute approximate surface area is 149 Å². The fourth-order valence-corrected chi connectivity index (χ4v) is 2.47. The lowest BCUT2D eigenvalue weighted by Crippen LogP contribution is -2.56. The van der Waals surface area contributed by atoms with E-state index in [9.17, 15) is 14.4 Å². The Kier molecular flexibility index (Phi) is 6.68. The zero-order valence-electron chi connectivity index (χ0n) is 16.2. The van der Waals surface area contributed by atoms with Gasteiger partial charge in [-0.15, -0.1) is 0 Å². The molecule has 0 aromatic carbocycles. The number of rotatable bonds is 2. The molecule has 0 aromatic rings. The smallest absolute Gasteiger partial charge is 0.411 e. The van der Waals surface area contributed by atoms with Crippen LogP contribution in [-0.2, 0) is 19.0 Å². The van der Waals surface area contributed by atoms with Crippen molar-refractivity contribution in [2.24, 2.45) is 0 Å². The van der Waals surface area contributed by atoms with E-state index in [1.54, 1.807) is 41.5 Å². The molecule has 0 spiro atoms. The highest BCUT2D eigenvalue weighted by Crippen LogP contribution is 2.22. The molecule has 0 aliphatic carbocycles. The summed E-state index contributed by atoms with van der Waals surface area (Å²) in [6.07, 6.45) is -0.387. The zero-order valence-corrected chi connectivity index (χ0v) is 16.2. The van der Waals surface area contributed by atoms with E-state index < -0.39 is 35.4 Å². The van der Waals surface area contributed by atoms with Gasteiger partial charge in [-0.25, -0.2) is 14.4 Å². The van der Waals surface area contributed by atoms with Gasteiger partial charge in [-0.2, -0.15) is 0 Å². The summed E-state index contributed by atoms with van der Waals surface area (Å²) in [5.41, 5.74) is -1.27. The Bertz CT molecular complexity index is 506. The molecule has 1 aliphatic heterocycles. The summed E-state index contributed by atoms with van der Waals surface area (Å²) < 4.78 is 15.4. The van der Waals surface area contributed by atoms with Crippen molar-refractivity contribution in [2.45, 2.75) is 77.7 Å². The molecule has 1 aliphatic rings. The Hall–Kier alpha value is -1.99. The van der Waals surface area contributed by atoms with Crippen molar-refractivity contribution < 1.29 is 28.6 Å². The number of nitrogens with one attached hydrogen (secondary N) is 1. The van der Waals surface area contributed by atoms with Crippen LogP contribution in [0.3, 0.4) is 0 Å². The van der Waals surface area contributed by atoms with Crippen molar-refractivity contribution in [1.82, 2.24) is 10.2 Å². The molecule has 0 aromatic heterocycles. The summed E-state index contributed by atoms with van der Waals surface area (Å²) in [5, 5.41) is 2.74. The van der Waals surface area contributed by atoms with Crippen LogP contribution < -0.4 is 5.32 Å². The van der Waals surface area contributed by atoms with E-state index in [2.05, 4.69) is 5.32 Å². The van der Waals surface area contributed by atoms with Crippen LogP contribution in [0.5, 0.6) is 0 Å². The van der Waals surface area contributed by atoms with Crippen LogP contribution in [0.1, 0.15) is 54.4 Å². The Morgan fingerprint density at radius 2 is 1.56 bits per heavy atom. The van der Waals surface area contributed by atoms with E-state index in [0.29, 0.717) is 6.42 Å². The van der Waals surface area contributed by atoms with E-state index in [-0.39, 0.29) is 19.0 Å². The Balaban J connectivity index is 2.77. The summed E-state index contributed by atoms with van der Waals surface area (Å²) >= 11 is 0. The third-order valence-corrected chi connectivity index (χ3v) is 3.42. The molecule has 1 N–H and O–H groups in total. The Morgan fingerprint density at radius 1 is 1.00 bits per heavy atom. The minimum atomic E-state index is -0.812. The zero-order chi connectivity index (χ0) is 19.4. The topological polar surface area (TPSA) is 94.2 Å². The van der Waals surface area contributed by atoms with Gasteiger partial charge in [0.05, 0.1) is 7.11 Å². The average Bonchev–Trinajstić information content (AvgIpc) is 2.42. The van der Waals surface area contributed by atoms with Crippen molar-refractivity contribution in [3.05, 3.63) is 0 Å². The maximum Gasteiger partial charge on any atom is 0.411 e. The minimum absolute atomic E-state index is 0.241. The van der Waals surface area contributed by atoms with Crippen molar-refractivity contribution in [1.29, 1.82) is 0 Å². The van der Waals surface area contributed by atoms with E-state index in [1.807, 2.05) is 0 Å². The summed E-state index contributed by atoms with van der Waals surface area (Å²) in [7, 11) is 1.26. The number of carbonyl (C=O) groups is 3. The molecule has 1 heterocycles. The number of carbonyl (C=O) groups excluding carboxylic acids is 3. The minimum Gasteiger partial charge on any atom is -0.467 e. The van der Waals surface area contributed by atoms with E-state index in [4.69, 9.17) is 14.2 Å². The normalized spacial score (nSPS) is 21.3. The number of piperidine rings is 1. The van der Waals surface area contributed by atoms with Crippen LogP contribution in [0.2, 0.25) is 0 Å². The van der Waals surface area contributed by atoms with Gasteiger partial charge < -0.3 is 19.5 Å². The molecule has 1 saturated heterocycles. The highest BCUT2D eigenvalue weighted by atomic mass is 16.6. The van der Waals surface area contributed by atoms with E-state index in [0.717, 1.165) is 0 Å². The van der Waals surface area contributed by atoms with Gasteiger partial charge in [0.15, 0.2) is 0 Å². The quantitative estimate of drug-likeness (QED) is 0.602. The van der Waals surface area contributed by atoms with E-state index in [1.165, 1.54) is 12.0 Å². The first-order valence-corrected chi connectivity index (χ1v) is 8.39. The predicted molar refractivity (Wildman–Crippen MR) is 91.1 cm³/mol. The number of ether oxygens (including phenoxy) is 3. The van der Waals surface area contributed by atoms with E-state index >= 15 is 0 Å². The maximum absolute atomic E-state index is 12.3. The molecule has 25 heavy (non-hydrogen) atoms. The third kappa shape index (κ3) is 7.19. The maximum atomic E-state index is 12.3. The lowest BCUT2D eigenvalue weighted by Gasteiger charge is -2.38. The summed E-state index contributed by atoms with van der Waals surface area (Å²) in [4.78, 5) is 37.7. The molecule has 8 nitrogen and oxygen atoms in total. The first kappa shape index (κ1) is 21.1. The molecule has 2 atom stereocenters. The van der Waals surface area contributed by atoms with Gasteiger partial charge in [-0.05, 0) is 54.4 Å². The molecule has 1 rings (SSSR count). The number of nitrogens with zero attached hydrogens (tertiary/aromatic N) is 1. The second-order valence-corrected chi connectivity index (χ2v) is 8.08. The number of alkyl carbamates (subject to hydrolysis) is 1. The third-order valence-electron chi connectivity index (χ3n) is 3.42. The first-order valence-electron chi connectivity index (χ1n) is 8.39. The summed E-state index contributed by atoms with van der Waals surface area (Å²) in [6.45, 7) is 10.9. The van der Waals surface area contributed by atoms with Crippen LogP contribution in [0.25, 0.3) is 0 Å². The number of likely N-dealkylation sites (tertiary alicyclic amines) is 1. The van der Waals surface area contributed by atoms with Crippen molar-refractivity contribution >= 4 is 18.2 Å². The number of hydrogen-bond donors (Lipinski definition) is 1. The van der Waals surface area contributed by atoms with Crippen LogP contribution in [0, 0.1) is 0 Å². The highest BCUT2D eigenvalue weighted by molar-refractivity contribution is 5.82.